The van der Waals surface area contributed by atoms with E-state index in [1.807, 2.05) is 0 Å². The average molecular weight is 312 g/mol. The summed E-state index contributed by atoms with van der Waals surface area (Å²) in [7, 11) is 1.21. The Balaban J connectivity index is 2.36. The van der Waals surface area contributed by atoms with Gasteiger partial charge in [-0.3, -0.25) is 0 Å². The number of hydrogen-bond acceptors (Lipinski definition) is 3. The Bertz CT molecular complexity index is 644. The van der Waals surface area contributed by atoms with Gasteiger partial charge in [0.1, 0.15) is 11.6 Å². The van der Waals surface area contributed by atoms with Crippen LogP contribution in [-0.4, -0.2) is 13.1 Å². The van der Waals surface area contributed by atoms with Crippen LogP contribution in [-0.2, 0) is 9.53 Å². The fourth-order valence-corrected chi connectivity index (χ4v) is 2.11. The molecule has 1 atom stereocenters. The number of carbonyl (C=O) groups excluding carboxylic acids is 1. The molecule has 1 N–H and O–H groups in total. The SMILES string of the molecule is COC(=O)C(Nc1cccc(F)c1)c1cc(F)cc(Cl)c1. The minimum atomic E-state index is -0.995. The fraction of sp³-hybridized carbons (Fsp3) is 0.133. The van der Waals surface area contributed by atoms with Crippen molar-refractivity contribution in [2.45, 2.75) is 6.04 Å². The minimum absolute atomic E-state index is 0.153. The van der Waals surface area contributed by atoms with E-state index in [9.17, 15) is 13.6 Å². The van der Waals surface area contributed by atoms with Crippen LogP contribution in [0.15, 0.2) is 42.5 Å². The van der Waals surface area contributed by atoms with Gasteiger partial charge in [0.25, 0.3) is 0 Å². The number of carbonyl (C=O) groups is 1. The first kappa shape index (κ1) is 15.3. The van der Waals surface area contributed by atoms with Gasteiger partial charge in [-0.15, -0.1) is 0 Å². The lowest BCUT2D eigenvalue weighted by Crippen LogP contribution is -2.22. The number of anilines is 1. The third-order valence-corrected chi connectivity index (χ3v) is 3.01. The van der Waals surface area contributed by atoms with Crippen molar-refractivity contribution in [3.8, 4) is 0 Å². The van der Waals surface area contributed by atoms with Crippen LogP contribution in [0, 0.1) is 11.6 Å². The van der Waals surface area contributed by atoms with E-state index in [-0.39, 0.29) is 10.6 Å². The third-order valence-electron chi connectivity index (χ3n) is 2.79. The molecule has 110 valence electrons. The Labute approximate surface area is 125 Å². The van der Waals surface area contributed by atoms with Gasteiger partial charge in [0.05, 0.1) is 7.11 Å². The van der Waals surface area contributed by atoms with Crippen molar-refractivity contribution in [1.82, 2.24) is 0 Å². The molecule has 2 aromatic carbocycles. The molecule has 0 spiro atoms. The highest BCUT2D eigenvalue weighted by atomic mass is 35.5. The highest BCUT2D eigenvalue weighted by molar-refractivity contribution is 6.30. The molecular formula is C15H12ClF2NO2. The quantitative estimate of drug-likeness (QED) is 0.869. The van der Waals surface area contributed by atoms with Gasteiger partial charge < -0.3 is 10.1 Å². The average Bonchev–Trinajstić information content (AvgIpc) is 2.43. The van der Waals surface area contributed by atoms with Gasteiger partial charge in [-0.25, -0.2) is 13.6 Å². The van der Waals surface area contributed by atoms with Crippen molar-refractivity contribution in [3.05, 3.63) is 64.7 Å². The number of hydrogen-bond donors (Lipinski definition) is 1. The van der Waals surface area contributed by atoms with Crippen molar-refractivity contribution >= 4 is 23.3 Å². The summed E-state index contributed by atoms with van der Waals surface area (Å²) in [6, 6.07) is 8.31. The summed E-state index contributed by atoms with van der Waals surface area (Å²) in [5, 5.41) is 2.95. The summed E-state index contributed by atoms with van der Waals surface area (Å²) in [6.45, 7) is 0. The monoisotopic (exact) mass is 311 g/mol. The van der Waals surface area contributed by atoms with E-state index < -0.39 is 23.6 Å². The molecule has 6 heteroatoms. The van der Waals surface area contributed by atoms with Gasteiger partial charge in [0, 0.05) is 10.7 Å². The maximum Gasteiger partial charge on any atom is 0.332 e. The standard InChI is InChI=1S/C15H12ClF2NO2/c1-21-15(20)14(9-5-10(16)7-12(18)6-9)19-13-4-2-3-11(17)8-13/h2-8,14,19H,1H3. The van der Waals surface area contributed by atoms with Gasteiger partial charge in [-0.05, 0) is 42.0 Å². The second-order valence-corrected chi connectivity index (χ2v) is 4.75. The van der Waals surface area contributed by atoms with E-state index >= 15 is 0 Å². The first-order valence-corrected chi connectivity index (χ1v) is 6.43. The Morgan fingerprint density at radius 3 is 2.57 bits per heavy atom. The van der Waals surface area contributed by atoms with Crippen LogP contribution in [0.1, 0.15) is 11.6 Å². The number of halogens is 3. The van der Waals surface area contributed by atoms with Crippen LogP contribution in [0.4, 0.5) is 14.5 Å². The zero-order chi connectivity index (χ0) is 15.4. The first-order chi connectivity index (χ1) is 9.99. The number of rotatable bonds is 4. The Morgan fingerprint density at radius 2 is 1.95 bits per heavy atom. The third kappa shape index (κ3) is 3.92. The largest absolute Gasteiger partial charge is 0.467 e. The summed E-state index contributed by atoms with van der Waals surface area (Å²) in [4.78, 5) is 11.9. The van der Waals surface area contributed by atoms with E-state index in [0.29, 0.717) is 5.69 Å². The predicted octanol–water partition coefficient (Wildman–Crippen LogP) is 3.94. The molecule has 1 unspecified atom stereocenters. The molecule has 0 saturated carbocycles. The second kappa shape index (κ2) is 6.54. The number of nitrogens with one attached hydrogen (secondary N) is 1. The van der Waals surface area contributed by atoms with Crippen molar-refractivity contribution in [3.63, 3.8) is 0 Å². The molecule has 21 heavy (non-hydrogen) atoms. The van der Waals surface area contributed by atoms with Gasteiger partial charge in [0.15, 0.2) is 6.04 Å². The van der Waals surface area contributed by atoms with Gasteiger partial charge in [-0.2, -0.15) is 0 Å². The van der Waals surface area contributed by atoms with E-state index in [1.165, 1.54) is 37.4 Å². The van der Waals surface area contributed by atoms with Crippen LogP contribution in [0.2, 0.25) is 5.02 Å². The van der Waals surface area contributed by atoms with E-state index in [4.69, 9.17) is 11.6 Å². The van der Waals surface area contributed by atoms with Crippen molar-refractivity contribution in [2.75, 3.05) is 12.4 Å². The van der Waals surface area contributed by atoms with Crippen molar-refractivity contribution in [2.24, 2.45) is 0 Å². The molecule has 0 radical (unpaired) electrons. The Hall–Kier alpha value is -2.14. The molecule has 0 aromatic heterocycles. The van der Waals surface area contributed by atoms with Gasteiger partial charge >= 0.3 is 5.97 Å². The molecular weight excluding hydrogens is 300 g/mol. The first-order valence-electron chi connectivity index (χ1n) is 6.05. The molecule has 0 aliphatic rings. The lowest BCUT2D eigenvalue weighted by Gasteiger charge is -2.18. The summed E-state index contributed by atoms with van der Waals surface area (Å²) >= 11 is 5.79. The summed E-state index contributed by atoms with van der Waals surface area (Å²) < 4.78 is 31.3. The molecule has 0 fully saturated rings. The van der Waals surface area contributed by atoms with Gasteiger partial charge in [0.2, 0.25) is 0 Å². The lowest BCUT2D eigenvalue weighted by molar-refractivity contribution is -0.141. The molecule has 0 heterocycles. The highest BCUT2D eigenvalue weighted by Crippen LogP contribution is 2.25. The lowest BCUT2D eigenvalue weighted by atomic mass is 10.1. The Morgan fingerprint density at radius 1 is 1.19 bits per heavy atom. The fourth-order valence-electron chi connectivity index (χ4n) is 1.88. The summed E-state index contributed by atoms with van der Waals surface area (Å²) in [5.74, 6) is -1.67. The molecule has 0 saturated heterocycles. The number of methoxy groups -OCH3 is 1. The predicted molar refractivity (Wildman–Crippen MR) is 76.2 cm³/mol. The van der Waals surface area contributed by atoms with Crippen LogP contribution >= 0.6 is 11.6 Å². The number of esters is 1. The van der Waals surface area contributed by atoms with Crippen LogP contribution < -0.4 is 5.32 Å². The molecule has 0 aliphatic carbocycles. The normalized spacial score (nSPS) is 11.8. The maximum atomic E-state index is 13.4. The number of ether oxygens (including phenoxy) is 1. The number of benzene rings is 2. The zero-order valence-electron chi connectivity index (χ0n) is 11.1. The maximum absolute atomic E-state index is 13.4. The van der Waals surface area contributed by atoms with Crippen molar-refractivity contribution < 1.29 is 18.3 Å². The Kier molecular flexibility index (Phi) is 4.75. The molecule has 0 aliphatic heterocycles. The van der Waals surface area contributed by atoms with Crippen LogP contribution in [0.3, 0.4) is 0 Å². The summed E-state index contributed by atoms with van der Waals surface area (Å²) in [6.07, 6.45) is 0. The van der Waals surface area contributed by atoms with Gasteiger partial charge in [-0.1, -0.05) is 17.7 Å². The second-order valence-electron chi connectivity index (χ2n) is 4.31. The molecule has 2 aromatic rings. The molecule has 0 amide bonds. The molecule has 3 nitrogen and oxygen atoms in total. The highest BCUT2D eigenvalue weighted by Gasteiger charge is 2.22. The zero-order valence-corrected chi connectivity index (χ0v) is 11.8. The minimum Gasteiger partial charge on any atom is -0.467 e. The van der Waals surface area contributed by atoms with E-state index in [1.54, 1.807) is 6.07 Å². The van der Waals surface area contributed by atoms with Crippen LogP contribution in [0.5, 0.6) is 0 Å². The van der Waals surface area contributed by atoms with Crippen molar-refractivity contribution in [1.29, 1.82) is 0 Å². The van der Waals surface area contributed by atoms with E-state index in [0.717, 1.165) is 6.07 Å². The molecule has 0 bridgehead atoms. The summed E-state index contributed by atoms with van der Waals surface area (Å²) in [5.41, 5.74) is 0.655. The van der Waals surface area contributed by atoms with Crippen LogP contribution in [0.25, 0.3) is 0 Å². The smallest absolute Gasteiger partial charge is 0.332 e. The topological polar surface area (TPSA) is 38.3 Å². The van der Waals surface area contributed by atoms with E-state index in [2.05, 4.69) is 10.1 Å². The molecule has 2 rings (SSSR count).